The molecule has 1 aliphatic carbocycles. The smallest absolute Gasteiger partial charge is 0.264 e. The predicted molar refractivity (Wildman–Crippen MR) is 149 cm³/mol. The summed E-state index contributed by atoms with van der Waals surface area (Å²) in [6.45, 7) is 8.13. The standard InChI is InChI=1S/C31H37NO4S/c1-31(2,3)36-27-15-17-29-25(18-27)12-16-28(23-8-6-5-7-9-23)30(29)24-10-13-26(14-11-24)32-19-22(20-32)21-35-37(4,33)34/h5-11,13-15,17-18,22,28,30H,12,16,19-21H2,1-4H3/t28-,30+/m1/s1. The van der Waals surface area contributed by atoms with Crippen LogP contribution in [0.5, 0.6) is 5.75 Å². The lowest BCUT2D eigenvalue weighted by atomic mass is 9.69. The minimum absolute atomic E-state index is 0.225. The van der Waals surface area contributed by atoms with Crippen LogP contribution in [0, 0.1) is 5.92 Å². The zero-order valence-electron chi connectivity index (χ0n) is 22.2. The Labute approximate surface area is 221 Å². The van der Waals surface area contributed by atoms with Crippen LogP contribution in [0.3, 0.4) is 0 Å². The van der Waals surface area contributed by atoms with E-state index in [2.05, 4.69) is 98.5 Å². The van der Waals surface area contributed by atoms with Gasteiger partial charge in [0.25, 0.3) is 10.1 Å². The molecule has 3 aromatic carbocycles. The molecule has 0 aromatic heterocycles. The van der Waals surface area contributed by atoms with Gasteiger partial charge in [-0.25, -0.2) is 0 Å². The molecule has 2 atom stereocenters. The topological polar surface area (TPSA) is 55.8 Å². The number of ether oxygens (including phenoxy) is 1. The van der Waals surface area contributed by atoms with Crippen LogP contribution in [0.1, 0.15) is 61.3 Å². The maximum absolute atomic E-state index is 11.3. The Bertz CT molecular complexity index is 1320. The highest BCUT2D eigenvalue weighted by Crippen LogP contribution is 2.47. The average Bonchev–Trinajstić information content (AvgIpc) is 2.81. The van der Waals surface area contributed by atoms with Crippen molar-refractivity contribution >= 4 is 15.8 Å². The first-order chi connectivity index (χ1) is 17.6. The SMILES string of the molecule is CC(C)(C)Oc1ccc2c(c1)CC[C@H](c1ccccc1)[C@@H]2c1ccc(N2CC(COS(C)(=O)=O)C2)cc1. The minimum atomic E-state index is -3.39. The molecule has 1 saturated heterocycles. The molecule has 3 aromatic rings. The van der Waals surface area contributed by atoms with Crippen LogP contribution in [0.25, 0.3) is 0 Å². The van der Waals surface area contributed by atoms with E-state index in [0.29, 0.717) is 5.92 Å². The van der Waals surface area contributed by atoms with E-state index in [-0.39, 0.29) is 24.0 Å². The zero-order chi connectivity index (χ0) is 26.2. The van der Waals surface area contributed by atoms with Crippen LogP contribution < -0.4 is 9.64 Å². The quantitative estimate of drug-likeness (QED) is 0.351. The molecule has 37 heavy (non-hydrogen) atoms. The summed E-state index contributed by atoms with van der Waals surface area (Å²) in [5.41, 5.74) is 6.41. The third kappa shape index (κ3) is 6.19. The van der Waals surface area contributed by atoms with Crippen LogP contribution in [0.2, 0.25) is 0 Å². The van der Waals surface area contributed by atoms with E-state index in [1.807, 2.05) is 0 Å². The van der Waals surface area contributed by atoms with Gasteiger partial charge in [0.2, 0.25) is 0 Å². The molecule has 5 rings (SSSR count). The van der Waals surface area contributed by atoms with Crippen molar-refractivity contribution in [2.24, 2.45) is 5.92 Å². The van der Waals surface area contributed by atoms with E-state index in [9.17, 15) is 8.42 Å². The van der Waals surface area contributed by atoms with Gasteiger partial charge < -0.3 is 9.64 Å². The number of benzene rings is 3. The molecule has 2 aliphatic rings. The molecule has 1 aliphatic heterocycles. The molecule has 1 fully saturated rings. The Balaban J connectivity index is 1.39. The molecule has 6 heteroatoms. The molecule has 0 spiro atoms. The molecule has 1 heterocycles. The van der Waals surface area contributed by atoms with E-state index >= 15 is 0 Å². The second kappa shape index (κ2) is 10.1. The summed E-state index contributed by atoms with van der Waals surface area (Å²) < 4.78 is 33.7. The van der Waals surface area contributed by atoms with Crippen LogP contribution in [0.4, 0.5) is 5.69 Å². The van der Waals surface area contributed by atoms with E-state index in [1.165, 1.54) is 27.9 Å². The summed E-state index contributed by atoms with van der Waals surface area (Å²) in [5, 5.41) is 0. The molecule has 0 saturated carbocycles. The fourth-order valence-corrected chi connectivity index (χ4v) is 6.12. The van der Waals surface area contributed by atoms with Crippen LogP contribution in [-0.2, 0) is 20.7 Å². The van der Waals surface area contributed by atoms with E-state index in [4.69, 9.17) is 8.92 Å². The number of hydrogen-bond donors (Lipinski definition) is 0. The maximum Gasteiger partial charge on any atom is 0.264 e. The first kappa shape index (κ1) is 25.8. The molecule has 0 radical (unpaired) electrons. The summed E-state index contributed by atoms with van der Waals surface area (Å²) in [5.74, 6) is 1.86. The molecule has 0 unspecified atom stereocenters. The normalized spacial score (nSPS) is 20.3. The van der Waals surface area contributed by atoms with Crippen molar-refractivity contribution in [3.8, 4) is 5.75 Å². The van der Waals surface area contributed by atoms with Gasteiger partial charge in [-0.15, -0.1) is 0 Å². The van der Waals surface area contributed by atoms with Crippen molar-refractivity contribution in [1.82, 2.24) is 0 Å². The van der Waals surface area contributed by atoms with Gasteiger partial charge >= 0.3 is 0 Å². The molecule has 0 N–H and O–H groups in total. The summed E-state index contributed by atoms with van der Waals surface area (Å²) in [6.07, 6.45) is 3.23. The monoisotopic (exact) mass is 519 g/mol. The van der Waals surface area contributed by atoms with E-state index in [0.717, 1.165) is 37.9 Å². The molecular weight excluding hydrogens is 482 g/mol. The summed E-state index contributed by atoms with van der Waals surface area (Å²) in [7, 11) is -3.39. The second-order valence-corrected chi connectivity index (χ2v) is 13.1. The van der Waals surface area contributed by atoms with Crippen molar-refractivity contribution < 1.29 is 17.3 Å². The number of rotatable bonds is 7. The van der Waals surface area contributed by atoms with Crippen LogP contribution in [0.15, 0.2) is 72.8 Å². The lowest BCUT2D eigenvalue weighted by Gasteiger charge is -2.41. The fourth-order valence-electron chi connectivity index (χ4n) is 5.68. The van der Waals surface area contributed by atoms with Gasteiger partial charge in [0.15, 0.2) is 0 Å². The van der Waals surface area contributed by atoms with Crippen molar-refractivity contribution in [2.45, 2.75) is 51.0 Å². The lowest BCUT2D eigenvalue weighted by Crippen LogP contribution is -2.49. The average molecular weight is 520 g/mol. The van der Waals surface area contributed by atoms with Gasteiger partial charge in [-0.1, -0.05) is 48.5 Å². The van der Waals surface area contributed by atoms with Gasteiger partial charge in [-0.3, -0.25) is 4.18 Å². The summed E-state index contributed by atoms with van der Waals surface area (Å²) in [4.78, 5) is 2.28. The van der Waals surface area contributed by atoms with Gasteiger partial charge in [0.1, 0.15) is 11.4 Å². The second-order valence-electron chi connectivity index (χ2n) is 11.5. The Morgan fingerprint density at radius 3 is 2.27 bits per heavy atom. The Morgan fingerprint density at radius 1 is 0.919 bits per heavy atom. The molecule has 0 bridgehead atoms. The third-order valence-electron chi connectivity index (χ3n) is 7.32. The maximum atomic E-state index is 11.3. The fraction of sp³-hybridized carbons (Fsp3) is 0.419. The molecule has 196 valence electrons. The zero-order valence-corrected chi connectivity index (χ0v) is 23.0. The first-order valence-electron chi connectivity index (χ1n) is 13.1. The Morgan fingerprint density at radius 2 is 1.62 bits per heavy atom. The number of nitrogens with zero attached hydrogens (tertiary/aromatic N) is 1. The Hall–Kier alpha value is -2.83. The van der Waals surface area contributed by atoms with Crippen molar-refractivity contribution in [2.75, 3.05) is 30.9 Å². The highest BCUT2D eigenvalue weighted by Gasteiger charge is 2.33. The summed E-state index contributed by atoms with van der Waals surface area (Å²) in [6, 6.07) is 26.5. The van der Waals surface area contributed by atoms with Gasteiger partial charge in [0, 0.05) is 30.6 Å². The third-order valence-corrected chi connectivity index (χ3v) is 7.88. The van der Waals surface area contributed by atoms with Gasteiger partial charge in [-0.2, -0.15) is 8.42 Å². The molecule has 0 amide bonds. The van der Waals surface area contributed by atoms with Gasteiger partial charge in [-0.05, 0) is 86.1 Å². The van der Waals surface area contributed by atoms with Crippen molar-refractivity contribution in [3.05, 3.63) is 95.1 Å². The van der Waals surface area contributed by atoms with E-state index < -0.39 is 10.1 Å². The van der Waals surface area contributed by atoms with Crippen molar-refractivity contribution in [1.29, 1.82) is 0 Å². The highest BCUT2D eigenvalue weighted by molar-refractivity contribution is 7.85. The largest absolute Gasteiger partial charge is 0.488 e. The first-order valence-corrected chi connectivity index (χ1v) is 14.9. The minimum Gasteiger partial charge on any atom is -0.488 e. The Kier molecular flexibility index (Phi) is 7.08. The predicted octanol–water partition coefficient (Wildman–Crippen LogP) is 6.14. The molecular formula is C31H37NO4S. The van der Waals surface area contributed by atoms with Gasteiger partial charge in [0.05, 0.1) is 12.9 Å². The van der Waals surface area contributed by atoms with Crippen LogP contribution >= 0.6 is 0 Å². The highest BCUT2D eigenvalue weighted by atomic mass is 32.2. The number of aryl methyl sites for hydroxylation is 1. The van der Waals surface area contributed by atoms with Crippen LogP contribution in [-0.4, -0.2) is 40.0 Å². The number of fused-ring (bicyclic) bond motifs is 1. The molecule has 5 nitrogen and oxygen atoms in total. The summed E-state index contributed by atoms with van der Waals surface area (Å²) >= 11 is 0. The van der Waals surface area contributed by atoms with Crippen molar-refractivity contribution in [3.63, 3.8) is 0 Å². The number of anilines is 1. The van der Waals surface area contributed by atoms with E-state index in [1.54, 1.807) is 0 Å². The number of hydrogen-bond acceptors (Lipinski definition) is 5. The lowest BCUT2D eigenvalue weighted by molar-refractivity contribution is 0.130.